The zero-order chi connectivity index (χ0) is 19.0. The molecule has 2 aromatic carbocycles. The zero-order valence-electron chi connectivity index (χ0n) is 14.1. The number of nitrogens with one attached hydrogen (secondary N) is 1. The van der Waals surface area contributed by atoms with Gasteiger partial charge in [0.05, 0.1) is 0 Å². The van der Waals surface area contributed by atoms with Gasteiger partial charge in [0, 0.05) is 23.2 Å². The lowest BCUT2D eigenvalue weighted by atomic mass is 10.2. The maximum Gasteiger partial charge on any atom is 0.279 e. The molecule has 0 amide bonds. The Hall–Kier alpha value is -3.43. The van der Waals surface area contributed by atoms with Crippen LogP contribution < -0.4 is 5.56 Å². The average Bonchev–Trinajstić information content (AvgIpc) is 2.98. The van der Waals surface area contributed by atoms with Crippen LogP contribution in [0.25, 0.3) is 22.6 Å². The van der Waals surface area contributed by atoms with Crippen molar-refractivity contribution in [3.8, 4) is 23.2 Å². The van der Waals surface area contributed by atoms with Crippen molar-refractivity contribution in [3.05, 3.63) is 81.1 Å². The second-order valence-corrected chi connectivity index (χ2v) is 6.28. The van der Waals surface area contributed by atoms with Crippen molar-refractivity contribution >= 4 is 22.8 Å². The van der Waals surface area contributed by atoms with Crippen molar-refractivity contribution in [2.75, 3.05) is 0 Å². The summed E-state index contributed by atoms with van der Waals surface area (Å²) >= 11 is 5.93. The number of H-pyrrole nitrogens is 1. The van der Waals surface area contributed by atoms with E-state index in [1.165, 1.54) is 12.1 Å². The summed E-state index contributed by atoms with van der Waals surface area (Å²) in [4.78, 5) is 23.8. The molecule has 1 N–H and O–H groups in total. The normalized spacial score (nSPS) is 10.6. The number of aromatic amines is 1. The molecule has 132 valence electrons. The Bertz CT molecular complexity index is 1280. The number of rotatable bonds is 1. The fraction of sp³-hybridized carbons (Fsp3) is 0.0500. The van der Waals surface area contributed by atoms with Gasteiger partial charge in [0.1, 0.15) is 11.6 Å². The number of halogens is 2. The quantitative estimate of drug-likeness (QED) is 0.515. The lowest BCUT2D eigenvalue weighted by Crippen LogP contribution is -2.10. The van der Waals surface area contributed by atoms with Crippen LogP contribution in [0.4, 0.5) is 4.39 Å². The molecule has 0 saturated heterocycles. The summed E-state index contributed by atoms with van der Waals surface area (Å²) in [6.07, 6.45) is 0. The first-order chi connectivity index (χ1) is 13.0. The van der Waals surface area contributed by atoms with E-state index in [2.05, 4.69) is 26.8 Å². The number of aromatic nitrogens is 4. The standard InChI is InChI=1S/C20H12ClFN4O/c1-26-18(13-6-8-14(21)9-7-13)25-17-19(26)23-16(24-20(17)27)10-5-12-3-2-4-15(22)11-12/h2-4,6-9,11H,1H3,(H,23,24,27). The lowest BCUT2D eigenvalue weighted by molar-refractivity contribution is 0.627. The van der Waals surface area contributed by atoms with Gasteiger partial charge in [-0.15, -0.1) is 0 Å². The minimum Gasteiger partial charge on any atom is -0.312 e. The number of hydrogen-bond acceptors (Lipinski definition) is 3. The van der Waals surface area contributed by atoms with Crippen LogP contribution in [0.15, 0.2) is 53.3 Å². The predicted octanol–water partition coefficient (Wildman–Crippen LogP) is 3.52. The van der Waals surface area contributed by atoms with Crippen molar-refractivity contribution in [2.45, 2.75) is 0 Å². The zero-order valence-corrected chi connectivity index (χ0v) is 14.9. The van der Waals surface area contributed by atoms with Crippen LogP contribution in [0.1, 0.15) is 11.4 Å². The van der Waals surface area contributed by atoms with E-state index < -0.39 is 0 Å². The molecule has 0 aliphatic rings. The summed E-state index contributed by atoms with van der Waals surface area (Å²) in [6.45, 7) is 0. The third-order valence-corrected chi connectivity index (χ3v) is 4.23. The molecular weight excluding hydrogens is 367 g/mol. The van der Waals surface area contributed by atoms with Crippen LogP contribution in [-0.2, 0) is 7.05 Å². The minimum absolute atomic E-state index is 0.183. The monoisotopic (exact) mass is 378 g/mol. The third-order valence-electron chi connectivity index (χ3n) is 3.98. The smallest absolute Gasteiger partial charge is 0.279 e. The van der Waals surface area contributed by atoms with E-state index in [0.29, 0.717) is 22.1 Å². The van der Waals surface area contributed by atoms with Crippen LogP contribution >= 0.6 is 11.6 Å². The van der Waals surface area contributed by atoms with Gasteiger partial charge in [0.2, 0.25) is 0 Å². The van der Waals surface area contributed by atoms with Gasteiger partial charge in [0.25, 0.3) is 5.56 Å². The Labute approximate surface area is 158 Å². The largest absolute Gasteiger partial charge is 0.312 e. The van der Waals surface area contributed by atoms with Crippen LogP contribution in [0, 0.1) is 17.7 Å². The number of fused-ring (bicyclic) bond motifs is 1. The Balaban J connectivity index is 1.81. The molecule has 2 heterocycles. The maximum absolute atomic E-state index is 13.2. The Kier molecular flexibility index (Phi) is 4.22. The molecule has 0 unspecified atom stereocenters. The van der Waals surface area contributed by atoms with Crippen LogP contribution in [-0.4, -0.2) is 19.5 Å². The highest BCUT2D eigenvalue weighted by molar-refractivity contribution is 6.30. The fourth-order valence-electron chi connectivity index (χ4n) is 2.68. The van der Waals surface area contributed by atoms with Crippen molar-refractivity contribution in [1.82, 2.24) is 19.5 Å². The highest BCUT2D eigenvalue weighted by Gasteiger charge is 2.14. The summed E-state index contributed by atoms with van der Waals surface area (Å²) in [5.41, 5.74) is 1.54. The van der Waals surface area contributed by atoms with E-state index in [9.17, 15) is 9.18 Å². The van der Waals surface area contributed by atoms with Crippen LogP contribution in [0.5, 0.6) is 0 Å². The molecule has 0 aliphatic heterocycles. The highest BCUT2D eigenvalue weighted by Crippen LogP contribution is 2.22. The second kappa shape index (κ2) is 6.71. The van der Waals surface area contributed by atoms with Gasteiger partial charge >= 0.3 is 0 Å². The Morgan fingerprint density at radius 2 is 1.89 bits per heavy atom. The van der Waals surface area contributed by atoms with Crippen molar-refractivity contribution in [3.63, 3.8) is 0 Å². The average molecular weight is 379 g/mol. The first-order valence-corrected chi connectivity index (χ1v) is 8.39. The molecule has 5 nitrogen and oxygen atoms in total. The summed E-state index contributed by atoms with van der Waals surface area (Å²) in [6, 6.07) is 13.0. The summed E-state index contributed by atoms with van der Waals surface area (Å²) in [7, 11) is 1.77. The van der Waals surface area contributed by atoms with E-state index in [0.717, 1.165) is 5.56 Å². The molecule has 4 rings (SSSR count). The summed E-state index contributed by atoms with van der Waals surface area (Å²) in [5, 5.41) is 0.614. The van der Waals surface area contributed by atoms with Gasteiger partial charge in [-0.3, -0.25) is 9.78 Å². The van der Waals surface area contributed by atoms with Crippen molar-refractivity contribution < 1.29 is 4.39 Å². The lowest BCUT2D eigenvalue weighted by Gasteiger charge is -2.02. The topological polar surface area (TPSA) is 63.6 Å². The highest BCUT2D eigenvalue weighted by atomic mass is 35.5. The molecule has 0 bridgehead atoms. The van der Waals surface area contributed by atoms with E-state index in [-0.39, 0.29) is 22.7 Å². The molecule has 4 aromatic rings. The molecule has 7 heteroatoms. The van der Waals surface area contributed by atoms with E-state index in [4.69, 9.17) is 11.6 Å². The summed E-state index contributed by atoms with van der Waals surface area (Å²) in [5.74, 6) is 5.95. The van der Waals surface area contributed by atoms with Gasteiger partial charge in [-0.2, -0.15) is 0 Å². The van der Waals surface area contributed by atoms with Crippen molar-refractivity contribution in [2.24, 2.45) is 7.05 Å². The molecule has 0 aliphatic carbocycles. The van der Waals surface area contributed by atoms with Crippen molar-refractivity contribution in [1.29, 1.82) is 0 Å². The first kappa shape index (κ1) is 17.0. The SMILES string of the molecule is Cn1c(-c2ccc(Cl)cc2)nc2c(=O)[nH]c(C#Cc3cccc(F)c3)nc21. The number of nitrogens with zero attached hydrogens (tertiary/aromatic N) is 3. The molecular formula is C20H12ClFN4O. The first-order valence-electron chi connectivity index (χ1n) is 8.01. The van der Waals surface area contributed by atoms with Gasteiger partial charge in [-0.25, -0.2) is 14.4 Å². The number of aryl methyl sites for hydroxylation is 1. The predicted molar refractivity (Wildman–Crippen MR) is 102 cm³/mol. The molecule has 0 saturated carbocycles. The Morgan fingerprint density at radius 1 is 1.11 bits per heavy atom. The van der Waals surface area contributed by atoms with E-state index in [1.807, 2.05) is 12.1 Å². The molecule has 27 heavy (non-hydrogen) atoms. The van der Waals surface area contributed by atoms with Gasteiger partial charge in [-0.1, -0.05) is 23.6 Å². The number of hydrogen-bond donors (Lipinski definition) is 1. The molecule has 0 spiro atoms. The van der Waals surface area contributed by atoms with Gasteiger partial charge in [-0.05, 0) is 48.4 Å². The van der Waals surface area contributed by atoms with Crippen LogP contribution in [0.3, 0.4) is 0 Å². The van der Waals surface area contributed by atoms with Gasteiger partial charge in [0.15, 0.2) is 17.0 Å². The number of imidazole rings is 1. The Morgan fingerprint density at radius 3 is 2.63 bits per heavy atom. The number of benzene rings is 2. The molecule has 0 fully saturated rings. The summed E-state index contributed by atoms with van der Waals surface area (Å²) < 4.78 is 15.0. The molecule has 0 radical (unpaired) electrons. The maximum atomic E-state index is 13.2. The second-order valence-electron chi connectivity index (χ2n) is 5.85. The van der Waals surface area contributed by atoms with Gasteiger partial charge < -0.3 is 4.57 Å². The van der Waals surface area contributed by atoms with E-state index >= 15 is 0 Å². The third kappa shape index (κ3) is 3.33. The van der Waals surface area contributed by atoms with Crippen LogP contribution in [0.2, 0.25) is 5.02 Å². The minimum atomic E-state index is -0.389. The molecule has 2 aromatic heterocycles. The fourth-order valence-corrected chi connectivity index (χ4v) is 2.81. The van der Waals surface area contributed by atoms with E-state index in [1.54, 1.807) is 35.9 Å². The molecule has 0 atom stereocenters.